The Morgan fingerprint density at radius 2 is 1.62 bits per heavy atom. The molecule has 0 spiro atoms. The van der Waals surface area contributed by atoms with Crippen molar-refractivity contribution in [2.75, 3.05) is 6.61 Å². The van der Waals surface area contributed by atoms with Gasteiger partial charge in [0.25, 0.3) is 0 Å². The first-order chi connectivity index (χ1) is 15.1. The molecule has 0 aromatic carbocycles. The predicted octanol–water partition coefficient (Wildman–Crippen LogP) is 2.58. The molecular formula is C21H40NO9P. The number of aliphatic hydroxyl groups excluding tert-OH is 1. The third kappa shape index (κ3) is 11.3. The molecule has 11 heteroatoms. The van der Waals surface area contributed by atoms with Gasteiger partial charge in [0.1, 0.15) is 24.0 Å². The maximum Gasteiger partial charge on any atom is 0.472 e. The smallest absolute Gasteiger partial charge is 0.388 e. The molecule has 1 heterocycles. The van der Waals surface area contributed by atoms with E-state index in [1.807, 2.05) is 0 Å². The fraction of sp³-hybridized carbons (Fsp3) is 0.905. The Balaban J connectivity index is 2.76. The lowest BCUT2D eigenvalue weighted by molar-refractivity contribution is -0.250. The number of hydrogen-bond acceptors (Lipinski definition) is 7. The third-order valence-corrected chi connectivity index (χ3v) is 5.84. The van der Waals surface area contributed by atoms with Crippen molar-refractivity contribution in [3.05, 3.63) is 0 Å². The molecule has 188 valence electrons. The number of hydrogen-bond donors (Lipinski definition) is 4. The number of unbranched alkanes of at least 4 members (excludes halogenated alkanes) is 7. The maximum atomic E-state index is 12.2. The number of aliphatic hydroxyl groups is 1. The lowest BCUT2D eigenvalue weighted by atomic mass is 9.94. The molecule has 0 unspecified atom stereocenters. The van der Waals surface area contributed by atoms with Crippen LogP contribution in [0.1, 0.15) is 85.0 Å². The molecular weight excluding hydrogens is 441 g/mol. The highest BCUT2D eigenvalue weighted by Gasteiger charge is 2.48. The van der Waals surface area contributed by atoms with Gasteiger partial charge < -0.3 is 29.7 Å². The van der Waals surface area contributed by atoms with Gasteiger partial charge >= 0.3 is 7.82 Å². The molecule has 0 saturated carbocycles. The summed E-state index contributed by atoms with van der Waals surface area (Å²) in [6, 6.07) is -1.19. The van der Waals surface area contributed by atoms with Crippen molar-refractivity contribution in [3.63, 3.8) is 0 Å². The Labute approximate surface area is 190 Å². The first kappa shape index (κ1) is 29.2. The number of carbonyl (C=O) groups is 2. The van der Waals surface area contributed by atoms with Crippen molar-refractivity contribution < 1.29 is 43.0 Å². The molecule has 0 radical (unpaired) electrons. The predicted molar refractivity (Wildman–Crippen MR) is 118 cm³/mol. The van der Waals surface area contributed by atoms with E-state index in [2.05, 4.69) is 12.2 Å². The topological polar surface area (TPSA) is 152 Å². The highest BCUT2D eigenvalue weighted by atomic mass is 31.2. The molecule has 1 fully saturated rings. The third-order valence-electron chi connectivity index (χ3n) is 5.36. The van der Waals surface area contributed by atoms with Crippen LogP contribution in [0.25, 0.3) is 0 Å². The van der Waals surface area contributed by atoms with Crippen LogP contribution in [0.2, 0.25) is 0 Å². The number of amides is 1. The van der Waals surface area contributed by atoms with Crippen LogP contribution in [0.5, 0.6) is 0 Å². The zero-order valence-corrected chi connectivity index (χ0v) is 20.3. The molecule has 0 aromatic heterocycles. The Morgan fingerprint density at radius 3 is 2.16 bits per heavy atom. The van der Waals surface area contributed by atoms with Crippen LogP contribution in [0.3, 0.4) is 0 Å². The van der Waals surface area contributed by atoms with Crippen LogP contribution in [0.4, 0.5) is 0 Å². The van der Waals surface area contributed by atoms with Crippen molar-refractivity contribution in [1.29, 1.82) is 0 Å². The molecule has 4 N–H and O–H groups in total. The van der Waals surface area contributed by atoms with Crippen LogP contribution in [-0.4, -0.2) is 63.8 Å². The summed E-state index contributed by atoms with van der Waals surface area (Å²) in [5, 5.41) is 13.2. The summed E-state index contributed by atoms with van der Waals surface area (Å²) < 4.78 is 27.6. The van der Waals surface area contributed by atoms with Gasteiger partial charge in [-0.15, -0.1) is 0 Å². The van der Waals surface area contributed by atoms with Gasteiger partial charge in [-0.05, 0) is 19.8 Å². The minimum absolute atomic E-state index is 0.300. The number of ether oxygens (including phenoxy) is 2. The summed E-state index contributed by atoms with van der Waals surface area (Å²) in [4.78, 5) is 42.0. The van der Waals surface area contributed by atoms with Gasteiger partial charge in [-0.2, -0.15) is 0 Å². The van der Waals surface area contributed by atoms with Crippen molar-refractivity contribution >= 4 is 19.5 Å². The van der Waals surface area contributed by atoms with E-state index in [1.54, 1.807) is 6.92 Å². The highest BCUT2D eigenvalue weighted by molar-refractivity contribution is 7.46. The molecule has 1 saturated heterocycles. The quantitative estimate of drug-likeness (QED) is 0.148. The van der Waals surface area contributed by atoms with E-state index in [9.17, 15) is 29.0 Å². The summed E-state index contributed by atoms with van der Waals surface area (Å²) in [7, 11) is -4.96. The fourth-order valence-electron chi connectivity index (χ4n) is 3.75. The van der Waals surface area contributed by atoms with E-state index >= 15 is 0 Å². The van der Waals surface area contributed by atoms with Crippen molar-refractivity contribution in [3.8, 4) is 0 Å². The van der Waals surface area contributed by atoms with E-state index in [-0.39, 0.29) is 5.78 Å². The summed E-state index contributed by atoms with van der Waals surface area (Å²) in [6.07, 6.45) is 4.25. The minimum Gasteiger partial charge on any atom is -0.388 e. The normalized spacial score (nSPS) is 26.1. The largest absolute Gasteiger partial charge is 0.472 e. The first-order valence-electron chi connectivity index (χ1n) is 11.6. The van der Waals surface area contributed by atoms with Gasteiger partial charge in [-0.3, -0.25) is 14.1 Å². The van der Waals surface area contributed by atoms with Crippen LogP contribution in [0.15, 0.2) is 0 Å². The van der Waals surface area contributed by atoms with E-state index < -0.39 is 50.8 Å². The summed E-state index contributed by atoms with van der Waals surface area (Å²) >= 11 is 0. The molecule has 0 bridgehead atoms. The van der Waals surface area contributed by atoms with Crippen LogP contribution in [-0.2, 0) is 28.2 Å². The van der Waals surface area contributed by atoms with E-state index in [0.29, 0.717) is 13.0 Å². The Bertz CT molecular complexity index is 612. The molecule has 1 aliphatic rings. The molecule has 1 rings (SSSR count). The zero-order chi connectivity index (χ0) is 24.1. The summed E-state index contributed by atoms with van der Waals surface area (Å²) in [5.41, 5.74) is 0. The molecule has 1 amide bonds. The second kappa shape index (κ2) is 15.1. The molecule has 0 aliphatic carbocycles. The molecule has 10 nitrogen and oxygen atoms in total. The SMILES string of the molecule is CCCCCCCCCCO[C@H]1[C@H](O)[C@@H](CC)O[C@H](OP(=O)(O)O)[C@@H]1NC(=O)CC(C)=O. The number of phosphoric acid groups is 1. The number of nitrogens with one attached hydrogen (secondary N) is 1. The molecule has 0 aromatic rings. The van der Waals surface area contributed by atoms with Gasteiger partial charge in [0, 0.05) is 6.61 Å². The average molecular weight is 482 g/mol. The lowest BCUT2D eigenvalue weighted by Crippen LogP contribution is -2.64. The standard InChI is InChI=1S/C21H40NO9P/c1-4-6-7-8-9-10-11-12-13-29-20-18(22-17(24)14-15(3)23)21(31-32(26,27)28)30-16(5-2)19(20)25/h16,18-21,25H,4-14H2,1-3H3,(H,22,24)(H2,26,27,28)/t16-,18-,19-,20-,21-/m1/s1. The monoisotopic (exact) mass is 481 g/mol. The zero-order valence-electron chi connectivity index (χ0n) is 19.4. The summed E-state index contributed by atoms with van der Waals surface area (Å²) in [6.45, 7) is 5.47. The minimum atomic E-state index is -4.96. The second-order valence-electron chi connectivity index (χ2n) is 8.32. The lowest BCUT2D eigenvalue weighted by Gasteiger charge is -2.44. The molecule has 5 atom stereocenters. The van der Waals surface area contributed by atoms with E-state index in [4.69, 9.17) is 14.0 Å². The number of Topliss-reactive ketones (excluding diaryl/α,β-unsaturated/α-hetero) is 1. The Hall–Kier alpha value is -0.870. The Kier molecular flexibility index (Phi) is 13.8. The first-order valence-corrected chi connectivity index (χ1v) is 13.1. The Morgan fingerprint density at radius 1 is 1.03 bits per heavy atom. The van der Waals surface area contributed by atoms with Crippen molar-refractivity contribution in [1.82, 2.24) is 5.32 Å². The maximum absolute atomic E-state index is 12.2. The van der Waals surface area contributed by atoms with Crippen molar-refractivity contribution in [2.45, 2.75) is 116 Å². The summed E-state index contributed by atoms with van der Waals surface area (Å²) in [5.74, 6) is -1.05. The van der Waals surface area contributed by atoms with Crippen molar-refractivity contribution in [2.24, 2.45) is 0 Å². The molecule has 1 aliphatic heterocycles. The number of ketones is 1. The van der Waals surface area contributed by atoms with E-state index in [0.717, 1.165) is 25.7 Å². The number of carbonyl (C=O) groups excluding carboxylic acids is 2. The van der Waals surface area contributed by atoms with Crippen LogP contribution < -0.4 is 5.32 Å². The van der Waals surface area contributed by atoms with Gasteiger partial charge in [-0.1, -0.05) is 58.8 Å². The second-order valence-corrected chi connectivity index (χ2v) is 9.51. The van der Waals surface area contributed by atoms with Crippen LogP contribution >= 0.6 is 7.82 Å². The highest BCUT2D eigenvalue weighted by Crippen LogP contribution is 2.41. The molecule has 32 heavy (non-hydrogen) atoms. The average Bonchev–Trinajstić information content (AvgIpc) is 2.68. The van der Waals surface area contributed by atoms with Gasteiger partial charge in [0.2, 0.25) is 5.91 Å². The van der Waals surface area contributed by atoms with Crippen LogP contribution in [0, 0.1) is 0 Å². The van der Waals surface area contributed by atoms with Gasteiger partial charge in [0.15, 0.2) is 6.29 Å². The van der Waals surface area contributed by atoms with Gasteiger partial charge in [0.05, 0.1) is 12.5 Å². The number of rotatable bonds is 16. The number of phosphoric ester groups is 1. The fourth-order valence-corrected chi connectivity index (χ4v) is 4.20. The van der Waals surface area contributed by atoms with Gasteiger partial charge in [-0.25, -0.2) is 4.57 Å². The van der Waals surface area contributed by atoms with E-state index in [1.165, 1.54) is 32.6 Å².